The number of anilines is 1. The largest absolute Gasteiger partial charge is 0.455 e. The molecule has 0 unspecified atom stereocenters. The lowest BCUT2D eigenvalue weighted by molar-refractivity contribution is -0.384. The van der Waals surface area contributed by atoms with Gasteiger partial charge in [-0.1, -0.05) is 17.7 Å². The standard InChI is InChI=1S/C22H14I2N2O5S/c1-12-2-4-17(5-3-12)32(29,30)25-11-14-6-13-7-15(23)8-18(24)22(13)31-20-10-16(26(27)28)9-19(25)21(14)20/h2-10H,11H2,1H3. The number of hydrogen-bond donors (Lipinski definition) is 0. The molecule has 0 amide bonds. The van der Waals surface area contributed by atoms with E-state index in [0.717, 1.165) is 23.8 Å². The number of fused-ring (bicyclic) bond motifs is 1. The average molecular weight is 672 g/mol. The Morgan fingerprint density at radius 1 is 1.09 bits per heavy atom. The van der Waals surface area contributed by atoms with E-state index in [0.29, 0.717) is 11.3 Å². The predicted octanol–water partition coefficient (Wildman–Crippen LogP) is 5.97. The van der Waals surface area contributed by atoms with Crippen LogP contribution in [0.2, 0.25) is 0 Å². The first-order chi connectivity index (χ1) is 15.1. The second-order valence-corrected chi connectivity index (χ2v) is 11.8. The van der Waals surface area contributed by atoms with Crippen LogP contribution in [0.3, 0.4) is 0 Å². The van der Waals surface area contributed by atoms with Crippen LogP contribution in [-0.4, -0.2) is 19.9 Å². The summed E-state index contributed by atoms with van der Waals surface area (Å²) in [5, 5.41) is 11.6. The van der Waals surface area contributed by atoms with Crippen LogP contribution < -0.4 is 9.04 Å². The van der Waals surface area contributed by atoms with E-state index in [2.05, 4.69) is 45.2 Å². The Morgan fingerprint density at radius 3 is 2.50 bits per heavy atom. The average Bonchev–Trinajstić information content (AvgIpc) is 3.01. The number of hydrogen-bond acceptors (Lipinski definition) is 5. The minimum absolute atomic E-state index is 0.0601. The van der Waals surface area contributed by atoms with Crippen LogP contribution >= 0.6 is 45.2 Å². The number of rotatable bonds is 3. The fourth-order valence-electron chi connectivity index (χ4n) is 3.87. The summed E-state index contributed by atoms with van der Waals surface area (Å²) in [4.78, 5) is 11.2. The molecule has 3 aromatic carbocycles. The van der Waals surface area contributed by atoms with Crippen LogP contribution in [0, 0.1) is 24.2 Å². The molecule has 0 aromatic heterocycles. The number of nitro benzene ring substituents is 1. The first-order valence-electron chi connectivity index (χ1n) is 9.45. The number of sulfonamides is 1. The van der Waals surface area contributed by atoms with Gasteiger partial charge in [0, 0.05) is 20.8 Å². The minimum atomic E-state index is -3.94. The molecular weight excluding hydrogens is 658 g/mol. The highest BCUT2D eigenvalue weighted by Gasteiger charge is 2.39. The highest BCUT2D eigenvalue weighted by molar-refractivity contribution is 14.1. The van der Waals surface area contributed by atoms with E-state index in [1.807, 2.05) is 25.1 Å². The molecule has 0 aliphatic carbocycles. The summed E-state index contributed by atoms with van der Waals surface area (Å²) in [6.07, 6.45) is 1.91. The molecule has 0 saturated heterocycles. The fourth-order valence-corrected chi connectivity index (χ4v) is 7.32. The van der Waals surface area contributed by atoms with Crippen molar-refractivity contribution in [3.8, 4) is 11.5 Å². The zero-order valence-corrected chi connectivity index (χ0v) is 21.6. The molecule has 10 heteroatoms. The van der Waals surface area contributed by atoms with Gasteiger partial charge in [0.2, 0.25) is 0 Å². The van der Waals surface area contributed by atoms with Gasteiger partial charge in [0.05, 0.1) is 31.7 Å². The third-order valence-corrected chi connectivity index (χ3v) is 8.57. The minimum Gasteiger partial charge on any atom is -0.455 e. The van der Waals surface area contributed by atoms with Crippen molar-refractivity contribution in [1.29, 1.82) is 0 Å². The van der Waals surface area contributed by atoms with Gasteiger partial charge in [-0.25, -0.2) is 8.42 Å². The molecule has 0 atom stereocenters. The molecular formula is C22H14I2N2O5S. The predicted molar refractivity (Wildman–Crippen MR) is 139 cm³/mol. The van der Waals surface area contributed by atoms with Gasteiger partial charge >= 0.3 is 0 Å². The number of benzene rings is 3. The third kappa shape index (κ3) is 3.48. The summed E-state index contributed by atoms with van der Waals surface area (Å²) in [5.74, 6) is 0.878. The number of aryl methyl sites for hydroxylation is 1. The number of nitro groups is 1. The van der Waals surface area contributed by atoms with Gasteiger partial charge < -0.3 is 4.74 Å². The SMILES string of the molecule is Cc1ccc(S(=O)(=O)N2CC3=Cc4cc(I)cc(I)c4Oc4cc([N+](=O)[O-])cc2c43)cc1. The second kappa shape index (κ2) is 7.70. The van der Waals surface area contributed by atoms with Crippen LogP contribution in [-0.2, 0) is 10.0 Å². The first kappa shape index (κ1) is 21.6. The normalized spacial score (nSPS) is 14.2. The summed E-state index contributed by atoms with van der Waals surface area (Å²) < 4.78 is 36.3. The summed E-state index contributed by atoms with van der Waals surface area (Å²) in [6.45, 7) is 1.94. The molecule has 32 heavy (non-hydrogen) atoms. The molecule has 5 rings (SSSR count). The molecule has 2 heterocycles. The maximum Gasteiger partial charge on any atom is 0.275 e. The van der Waals surface area contributed by atoms with E-state index < -0.39 is 14.9 Å². The highest BCUT2D eigenvalue weighted by Crippen LogP contribution is 2.51. The van der Waals surface area contributed by atoms with Crippen LogP contribution in [0.15, 0.2) is 53.4 Å². The molecule has 7 nitrogen and oxygen atoms in total. The van der Waals surface area contributed by atoms with Crippen molar-refractivity contribution in [3.05, 3.63) is 82.5 Å². The van der Waals surface area contributed by atoms with Crippen LogP contribution in [0.1, 0.15) is 16.7 Å². The van der Waals surface area contributed by atoms with E-state index in [9.17, 15) is 18.5 Å². The van der Waals surface area contributed by atoms with E-state index >= 15 is 0 Å². The van der Waals surface area contributed by atoms with Crippen LogP contribution in [0.25, 0.3) is 11.6 Å². The van der Waals surface area contributed by atoms with Gasteiger partial charge in [0.25, 0.3) is 15.7 Å². The van der Waals surface area contributed by atoms with E-state index in [4.69, 9.17) is 4.74 Å². The van der Waals surface area contributed by atoms with E-state index in [1.54, 1.807) is 24.3 Å². The molecule has 2 aliphatic heterocycles. The van der Waals surface area contributed by atoms with Gasteiger partial charge in [-0.2, -0.15) is 0 Å². The number of nitrogens with zero attached hydrogens (tertiary/aromatic N) is 2. The molecule has 3 aromatic rings. The molecule has 2 aliphatic rings. The van der Waals surface area contributed by atoms with Gasteiger partial charge in [0.15, 0.2) is 0 Å². The Hall–Kier alpha value is -2.19. The molecule has 0 fully saturated rings. The Balaban J connectivity index is 1.75. The maximum absolute atomic E-state index is 13.5. The molecule has 0 bridgehead atoms. The zero-order chi connectivity index (χ0) is 22.8. The van der Waals surface area contributed by atoms with Gasteiger partial charge in [-0.3, -0.25) is 14.4 Å². The lowest BCUT2D eigenvalue weighted by Gasteiger charge is -2.20. The monoisotopic (exact) mass is 672 g/mol. The van der Waals surface area contributed by atoms with E-state index in [1.165, 1.54) is 16.4 Å². The zero-order valence-electron chi connectivity index (χ0n) is 16.5. The van der Waals surface area contributed by atoms with E-state index in [-0.39, 0.29) is 28.6 Å². The molecule has 0 N–H and O–H groups in total. The second-order valence-electron chi connectivity index (χ2n) is 7.50. The summed E-state index contributed by atoms with van der Waals surface area (Å²) in [7, 11) is -3.94. The summed E-state index contributed by atoms with van der Waals surface area (Å²) in [5.41, 5.74) is 3.06. The number of non-ortho nitro benzene ring substituents is 1. The van der Waals surface area contributed by atoms with Crippen molar-refractivity contribution >= 4 is 78.2 Å². The van der Waals surface area contributed by atoms with Crippen molar-refractivity contribution in [3.63, 3.8) is 0 Å². The summed E-state index contributed by atoms with van der Waals surface area (Å²) in [6, 6.07) is 13.1. The Kier molecular flexibility index (Phi) is 5.21. The quantitative estimate of drug-likeness (QED) is 0.195. The van der Waals surface area contributed by atoms with Gasteiger partial charge in [0.1, 0.15) is 11.5 Å². The van der Waals surface area contributed by atoms with Crippen molar-refractivity contribution in [2.45, 2.75) is 11.8 Å². The lowest BCUT2D eigenvalue weighted by atomic mass is 10.0. The molecule has 162 valence electrons. The Labute approximate surface area is 211 Å². The molecule has 0 saturated carbocycles. The number of halogens is 2. The van der Waals surface area contributed by atoms with Crippen molar-refractivity contribution < 1.29 is 18.1 Å². The lowest BCUT2D eigenvalue weighted by Crippen LogP contribution is -2.29. The van der Waals surface area contributed by atoms with Crippen molar-refractivity contribution in [1.82, 2.24) is 0 Å². The smallest absolute Gasteiger partial charge is 0.275 e. The third-order valence-electron chi connectivity index (χ3n) is 5.37. The highest BCUT2D eigenvalue weighted by atomic mass is 127. The van der Waals surface area contributed by atoms with Crippen LogP contribution in [0.5, 0.6) is 11.5 Å². The van der Waals surface area contributed by atoms with Gasteiger partial charge in [-0.05, 0) is 88.0 Å². The topological polar surface area (TPSA) is 89.8 Å². The number of ether oxygens (including phenoxy) is 1. The molecule has 0 spiro atoms. The maximum atomic E-state index is 13.5. The first-order valence-corrected chi connectivity index (χ1v) is 13.0. The Bertz CT molecular complexity index is 1450. The van der Waals surface area contributed by atoms with Crippen LogP contribution in [0.4, 0.5) is 11.4 Å². The fraction of sp³-hybridized carbons (Fsp3) is 0.0909. The molecule has 0 radical (unpaired) electrons. The Morgan fingerprint density at radius 2 is 1.81 bits per heavy atom. The van der Waals surface area contributed by atoms with Crippen molar-refractivity contribution in [2.75, 3.05) is 10.8 Å². The summed E-state index contributed by atoms with van der Waals surface area (Å²) >= 11 is 4.38. The van der Waals surface area contributed by atoms with Gasteiger partial charge in [-0.15, -0.1) is 0 Å². The van der Waals surface area contributed by atoms with Crippen molar-refractivity contribution in [2.24, 2.45) is 0 Å².